The Morgan fingerprint density at radius 2 is 1.93 bits per heavy atom. The lowest BCUT2D eigenvalue weighted by Crippen LogP contribution is -2.36. The summed E-state index contributed by atoms with van der Waals surface area (Å²) in [6, 6.07) is 10.0. The number of nitrogens with one attached hydrogen (secondary N) is 2. The van der Waals surface area contributed by atoms with Gasteiger partial charge in [0.25, 0.3) is 5.91 Å². The highest BCUT2D eigenvalue weighted by Crippen LogP contribution is 2.43. The maximum absolute atomic E-state index is 13.7. The molecule has 1 saturated carbocycles. The van der Waals surface area contributed by atoms with Gasteiger partial charge >= 0.3 is 0 Å². The van der Waals surface area contributed by atoms with E-state index in [9.17, 15) is 4.79 Å². The van der Waals surface area contributed by atoms with Crippen molar-refractivity contribution in [3.63, 3.8) is 0 Å². The average molecular weight is 583 g/mol. The lowest BCUT2D eigenvalue weighted by atomic mass is 9.97. The number of fused-ring (bicyclic) bond motifs is 7. The minimum absolute atomic E-state index is 0.295. The normalized spacial score (nSPS) is 21.9. The van der Waals surface area contributed by atoms with Crippen molar-refractivity contribution >= 4 is 28.9 Å². The number of aliphatic imine (C=N–C) groups is 1. The number of carbonyl (C=O) groups excluding carboxylic acids is 1. The lowest BCUT2D eigenvalue weighted by molar-refractivity contribution is 0.100. The van der Waals surface area contributed by atoms with E-state index in [4.69, 9.17) is 14.7 Å². The zero-order valence-corrected chi connectivity index (χ0v) is 25.3. The molecule has 3 aliphatic heterocycles. The molecular weight excluding hydrogens is 540 g/mol. The number of carbonyl (C=O) groups is 1. The molecule has 10 heteroatoms. The van der Waals surface area contributed by atoms with Crippen molar-refractivity contribution < 1.29 is 9.53 Å². The SMILES string of the molecule is Cc1cc2cc(n1)-c1cnn(C)c1OCCCC(C1CC1)CN1/C(=N/C2=O)Nc2ccc(NCCCN3CCCC3)cc21. The summed E-state index contributed by atoms with van der Waals surface area (Å²) in [6.07, 6.45) is 10.0. The third-order valence-corrected chi connectivity index (χ3v) is 9.20. The third-order valence-electron chi connectivity index (χ3n) is 9.20. The van der Waals surface area contributed by atoms with E-state index >= 15 is 0 Å². The van der Waals surface area contributed by atoms with Crippen LogP contribution < -0.4 is 20.3 Å². The van der Waals surface area contributed by atoms with Gasteiger partial charge in [-0.05, 0) is 114 Å². The topological polar surface area (TPSA) is 99.9 Å². The summed E-state index contributed by atoms with van der Waals surface area (Å²) in [5.74, 6) is 2.16. The van der Waals surface area contributed by atoms with Crippen LogP contribution in [0.1, 0.15) is 61.0 Å². The molecule has 1 aromatic carbocycles. The van der Waals surface area contributed by atoms with Crippen molar-refractivity contribution in [3.05, 3.63) is 47.8 Å². The number of hydrogen-bond acceptors (Lipinski definition) is 8. The van der Waals surface area contributed by atoms with Gasteiger partial charge in [-0.1, -0.05) is 0 Å². The van der Waals surface area contributed by atoms with Crippen LogP contribution in [0.4, 0.5) is 17.1 Å². The van der Waals surface area contributed by atoms with Gasteiger partial charge in [-0.2, -0.15) is 10.1 Å². The summed E-state index contributed by atoms with van der Waals surface area (Å²) in [7, 11) is 1.88. The minimum Gasteiger partial charge on any atom is -0.477 e. The van der Waals surface area contributed by atoms with Crippen molar-refractivity contribution in [2.24, 2.45) is 23.9 Å². The van der Waals surface area contributed by atoms with Gasteiger partial charge in [0, 0.05) is 37.1 Å². The van der Waals surface area contributed by atoms with Crippen LogP contribution >= 0.6 is 0 Å². The van der Waals surface area contributed by atoms with Crippen molar-refractivity contribution in [2.75, 3.05) is 54.9 Å². The molecule has 7 rings (SSSR count). The first-order valence-electron chi connectivity index (χ1n) is 15.9. The van der Waals surface area contributed by atoms with E-state index in [1.807, 2.05) is 14.0 Å². The fourth-order valence-electron chi connectivity index (χ4n) is 6.74. The van der Waals surface area contributed by atoms with Crippen LogP contribution in [-0.2, 0) is 7.05 Å². The quantitative estimate of drug-likeness (QED) is 0.377. The van der Waals surface area contributed by atoms with Crippen LogP contribution in [0.2, 0.25) is 0 Å². The second-order valence-corrected chi connectivity index (χ2v) is 12.5. The molecule has 0 radical (unpaired) electrons. The number of likely N-dealkylation sites (tertiary alicyclic amines) is 1. The van der Waals surface area contributed by atoms with Gasteiger partial charge in [-0.15, -0.1) is 0 Å². The van der Waals surface area contributed by atoms with E-state index < -0.39 is 0 Å². The number of hydrogen-bond donors (Lipinski definition) is 2. The van der Waals surface area contributed by atoms with Crippen molar-refractivity contribution in [2.45, 2.75) is 51.9 Å². The minimum atomic E-state index is -0.295. The molecule has 1 amide bonds. The number of pyridine rings is 1. The predicted molar refractivity (Wildman–Crippen MR) is 170 cm³/mol. The molecule has 0 spiro atoms. The highest BCUT2D eigenvalue weighted by Gasteiger charge is 2.36. The van der Waals surface area contributed by atoms with Gasteiger partial charge in [-0.3, -0.25) is 9.78 Å². The second-order valence-electron chi connectivity index (χ2n) is 12.5. The van der Waals surface area contributed by atoms with Gasteiger partial charge in [0.1, 0.15) is 0 Å². The van der Waals surface area contributed by atoms with E-state index in [0.717, 1.165) is 67.2 Å². The van der Waals surface area contributed by atoms with E-state index in [0.29, 0.717) is 41.5 Å². The molecule has 43 heavy (non-hydrogen) atoms. The third kappa shape index (κ3) is 6.11. The Morgan fingerprint density at radius 1 is 1.07 bits per heavy atom. The molecule has 1 unspecified atom stereocenters. The number of anilines is 3. The zero-order chi connectivity index (χ0) is 29.3. The molecule has 226 valence electrons. The van der Waals surface area contributed by atoms with Crippen LogP contribution in [0.15, 0.2) is 41.5 Å². The Morgan fingerprint density at radius 3 is 2.77 bits per heavy atom. The van der Waals surface area contributed by atoms with Crippen LogP contribution in [0.25, 0.3) is 11.3 Å². The fraction of sp³-hybridized carbons (Fsp3) is 0.515. The summed E-state index contributed by atoms with van der Waals surface area (Å²) >= 11 is 0. The zero-order valence-electron chi connectivity index (χ0n) is 25.3. The number of aryl methyl sites for hydroxylation is 2. The first-order valence-corrected chi connectivity index (χ1v) is 15.9. The lowest BCUT2D eigenvalue weighted by Gasteiger charge is -2.26. The number of nitrogens with zero attached hydrogens (tertiary/aromatic N) is 6. The van der Waals surface area contributed by atoms with Crippen LogP contribution in [-0.4, -0.2) is 70.9 Å². The Hall–Kier alpha value is -3.92. The molecular formula is C33H42N8O2. The van der Waals surface area contributed by atoms with E-state index in [2.05, 4.69) is 43.7 Å². The van der Waals surface area contributed by atoms with Gasteiger partial charge in [0.05, 0.1) is 35.4 Å². The highest BCUT2D eigenvalue weighted by molar-refractivity contribution is 6.19. The predicted octanol–water partition coefficient (Wildman–Crippen LogP) is 5.32. The van der Waals surface area contributed by atoms with Gasteiger partial charge in [-0.25, -0.2) is 4.68 Å². The molecule has 3 aromatic rings. The van der Waals surface area contributed by atoms with E-state index in [1.54, 1.807) is 23.0 Å². The number of ether oxygens (including phenoxy) is 1. The molecule has 2 bridgehead atoms. The fourth-order valence-corrected chi connectivity index (χ4v) is 6.74. The van der Waals surface area contributed by atoms with Gasteiger partial charge < -0.3 is 25.2 Å². The molecule has 1 atom stereocenters. The summed E-state index contributed by atoms with van der Waals surface area (Å²) in [6.45, 7) is 7.87. The summed E-state index contributed by atoms with van der Waals surface area (Å²) in [5.41, 5.74) is 5.85. The van der Waals surface area contributed by atoms with Gasteiger partial charge in [0.2, 0.25) is 11.8 Å². The van der Waals surface area contributed by atoms with E-state index in [-0.39, 0.29) is 5.91 Å². The average Bonchev–Trinajstić information content (AvgIpc) is 3.43. The molecule has 2 fully saturated rings. The number of rotatable bonds is 6. The molecule has 1 aliphatic carbocycles. The monoisotopic (exact) mass is 582 g/mol. The smallest absolute Gasteiger partial charge is 0.280 e. The number of amides is 1. The molecule has 5 heterocycles. The number of benzene rings is 1. The number of aromatic nitrogens is 3. The Balaban J connectivity index is 1.18. The van der Waals surface area contributed by atoms with Crippen molar-refractivity contribution in [1.29, 1.82) is 0 Å². The molecule has 10 nitrogen and oxygen atoms in total. The Labute approximate surface area is 253 Å². The molecule has 2 aromatic heterocycles. The van der Waals surface area contributed by atoms with Crippen LogP contribution in [0, 0.1) is 18.8 Å². The van der Waals surface area contributed by atoms with Crippen molar-refractivity contribution in [3.8, 4) is 17.1 Å². The number of guanidine groups is 1. The van der Waals surface area contributed by atoms with Gasteiger partial charge in [0.15, 0.2) is 0 Å². The maximum atomic E-state index is 13.7. The van der Waals surface area contributed by atoms with Crippen LogP contribution in [0.5, 0.6) is 5.88 Å². The van der Waals surface area contributed by atoms with Crippen LogP contribution in [0.3, 0.4) is 0 Å². The Bertz CT molecular complexity index is 1520. The first kappa shape index (κ1) is 27.9. The molecule has 2 N–H and O–H groups in total. The Kier molecular flexibility index (Phi) is 7.78. The first-order chi connectivity index (χ1) is 21.0. The molecule has 1 saturated heterocycles. The summed E-state index contributed by atoms with van der Waals surface area (Å²) < 4.78 is 8.04. The molecule has 4 aliphatic rings. The van der Waals surface area contributed by atoms with Crippen molar-refractivity contribution in [1.82, 2.24) is 19.7 Å². The summed E-state index contributed by atoms with van der Waals surface area (Å²) in [4.78, 5) is 27.9. The van der Waals surface area contributed by atoms with E-state index in [1.165, 1.54) is 38.8 Å². The largest absolute Gasteiger partial charge is 0.477 e. The standard InChI is InChI=1S/C33H42N8O2/c1-22-17-25-18-29(36-22)27-20-35-39(2)32(27)43-16-5-7-24(23-8-9-23)21-41-30-19-26(34-12-6-15-40-13-3-4-14-40)10-11-28(30)37-33(41)38-31(25)42/h10-11,17-20,23-24,34H,3-9,12-16,21H2,1-2H3,(H,37,38,42). The highest BCUT2D eigenvalue weighted by atomic mass is 16.5. The summed E-state index contributed by atoms with van der Waals surface area (Å²) in [5, 5.41) is 11.5. The maximum Gasteiger partial charge on any atom is 0.280 e. The second kappa shape index (κ2) is 12.0.